The summed E-state index contributed by atoms with van der Waals surface area (Å²) in [5.74, 6) is 1.35. The molecule has 0 amide bonds. The molecule has 1 aromatic heterocycles. The SMILES string of the molecule is CC(C)=CCN(c1ccc(OCc2ccccc2)cc1)C1CCN(CC(C)CC(C=O)NCc2ccc[nH]2)CC1. The first-order valence-corrected chi connectivity index (χ1v) is 14.7. The van der Waals surface area contributed by atoms with Gasteiger partial charge in [0.25, 0.3) is 0 Å². The second kappa shape index (κ2) is 15.4. The monoisotopic (exact) mass is 542 g/mol. The Bertz CT molecular complexity index is 1150. The summed E-state index contributed by atoms with van der Waals surface area (Å²) >= 11 is 0. The zero-order chi connectivity index (χ0) is 28.2. The maximum atomic E-state index is 11.7. The summed E-state index contributed by atoms with van der Waals surface area (Å²) in [4.78, 5) is 20.0. The first kappa shape index (κ1) is 29.6. The molecule has 0 bridgehead atoms. The van der Waals surface area contributed by atoms with Crippen LogP contribution in [0, 0.1) is 5.92 Å². The van der Waals surface area contributed by atoms with Gasteiger partial charge < -0.3 is 29.6 Å². The number of ether oxygens (including phenoxy) is 1. The number of aromatic amines is 1. The molecule has 214 valence electrons. The van der Waals surface area contributed by atoms with E-state index in [1.54, 1.807) is 0 Å². The Morgan fingerprint density at radius 2 is 1.82 bits per heavy atom. The van der Waals surface area contributed by atoms with E-state index < -0.39 is 0 Å². The maximum Gasteiger partial charge on any atom is 0.136 e. The molecule has 6 nitrogen and oxygen atoms in total. The molecule has 0 saturated carbocycles. The minimum atomic E-state index is -0.116. The number of carbonyl (C=O) groups is 1. The van der Waals surface area contributed by atoms with Crippen molar-refractivity contribution in [2.24, 2.45) is 5.92 Å². The van der Waals surface area contributed by atoms with Crippen LogP contribution >= 0.6 is 0 Å². The maximum absolute atomic E-state index is 11.7. The number of rotatable bonds is 15. The van der Waals surface area contributed by atoms with Gasteiger partial charge in [0.2, 0.25) is 0 Å². The lowest BCUT2D eigenvalue weighted by Gasteiger charge is -2.40. The van der Waals surface area contributed by atoms with E-state index in [9.17, 15) is 4.79 Å². The number of H-pyrrole nitrogens is 1. The van der Waals surface area contributed by atoms with Crippen molar-refractivity contribution >= 4 is 12.0 Å². The molecule has 6 heteroatoms. The fourth-order valence-corrected chi connectivity index (χ4v) is 5.49. The topological polar surface area (TPSA) is 60.6 Å². The molecule has 2 aromatic carbocycles. The molecule has 1 saturated heterocycles. The quantitative estimate of drug-likeness (QED) is 0.177. The Labute approximate surface area is 240 Å². The van der Waals surface area contributed by atoms with E-state index in [0.29, 0.717) is 25.1 Å². The van der Waals surface area contributed by atoms with E-state index in [1.165, 1.54) is 16.8 Å². The van der Waals surface area contributed by atoms with Gasteiger partial charge in [0.05, 0.1) is 6.04 Å². The smallest absolute Gasteiger partial charge is 0.136 e. The van der Waals surface area contributed by atoms with Crippen molar-refractivity contribution in [3.8, 4) is 5.75 Å². The number of hydrogen-bond acceptors (Lipinski definition) is 5. The van der Waals surface area contributed by atoms with Gasteiger partial charge >= 0.3 is 0 Å². The molecule has 2 N–H and O–H groups in total. The van der Waals surface area contributed by atoms with Crippen molar-refractivity contribution in [3.05, 3.63) is 95.8 Å². The van der Waals surface area contributed by atoms with E-state index in [4.69, 9.17) is 4.74 Å². The summed E-state index contributed by atoms with van der Waals surface area (Å²) in [6, 6.07) is 23.3. The van der Waals surface area contributed by atoms with Crippen LogP contribution in [0.15, 0.2) is 84.6 Å². The normalized spacial score (nSPS) is 15.8. The first-order chi connectivity index (χ1) is 19.5. The molecule has 3 aromatic rings. The van der Waals surface area contributed by atoms with E-state index >= 15 is 0 Å². The molecule has 0 radical (unpaired) electrons. The molecule has 4 rings (SSSR count). The molecule has 2 heterocycles. The molecular formula is C34H46N4O2. The van der Waals surface area contributed by atoms with Gasteiger partial charge in [-0.2, -0.15) is 0 Å². The lowest BCUT2D eigenvalue weighted by molar-refractivity contribution is -0.110. The molecule has 2 atom stereocenters. The summed E-state index contributed by atoms with van der Waals surface area (Å²) in [7, 11) is 0. The second-order valence-corrected chi connectivity index (χ2v) is 11.4. The Hall–Kier alpha value is -3.35. The number of nitrogens with zero attached hydrogens (tertiary/aromatic N) is 2. The molecule has 1 fully saturated rings. The van der Waals surface area contributed by atoms with E-state index in [2.05, 4.69) is 83.3 Å². The molecule has 0 spiro atoms. The average Bonchev–Trinajstić information content (AvgIpc) is 3.50. The van der Waals surface area contributed by atoms with Gasteiger partial charge in [-0.1, -0.05) is 48.9 Å². The number of nitrogens with one attached hydrogen (secondary N) is 2. The van der Waals surface area contributed by atoms with Crippen LogP contribution in [0.2, 0.25) is 0 Å². The Morgan fingerprint density at radius 3 is 2.48 bits per heavy atom. The number of carbonyl (C=O) groups excluding carboxylic acids is 1. The number of aromatic nitrogens is 1. The van der Waals surface area contributed by atoms with Crippen LogP contribution in [0.5, 0.6) is 5.75 Å². The summed E-state index contributed by atoms with van der Waals surface area (Å²) in [5.41, 5.74) is 4.87. The van der Waals surface area contributed by atoms with Crippen LogP contribution in [0.4, 0.5) is 5.69 Å². The largest absolute Gasteiger partial charge is 0.489 e. The number of piperidine rings is 1. The van der Waals surface area contributed by atoms with Crippen LogP contribution in [-0.2, 0) is 17.9 Å². The Morgan fingerprint density at radius 1 is 1.07 bits per heavy atom. The van der Waals surface area contributed by atoms with Crippen LogP contribution in [0.25, 0.3) is 0 Å². The third-order valence-corrected chi connectivity index (χ3v) is 7.72. The predicted octanol–water partition coefficient (Wildman–Crippen LogP) is 6.21. The second-order valence-electron chi connectivity index (χ2n) is 11.4. The van der Waals surface area contributed by atoms with Crippen molar-refractivity contribution in [2.75, 3.05) is 31.1 Å². The van der Waals surface area contributed by atoms with E-state index in [-0.39, 0.29) is 6.04 Å². The van der Waals surface area contributed by atoms with Crippen LogP contribution in [0.3, 0.4) is 0 Å². The summed E-state index contributed by atoms with van der Waals surface area (Å²) in [5, 5.41) is 3.38. The van der Waals surface area contributed by atoms with Crippen molar-refractivity contribution in [3.63, 3.8) is 0 Å². The predicted molar refractivity (Wildman–Crippen MR) is 165 cm³/mol. The minimum Gasteiger partial charge on any atom is -0.489 e. The highest BCUT2D eigenvalue weighted by molar-refractivity contribution is 5.57. The zero-order valence-corrected chi connectivity index (χ0v) is 24.4. The number of anilines is 1. The highest BCUT2D eigenvalue weighted by atomic mass is 16.5. The van der Waals surface area contributed by atoms with E-state index in [0.717, 1.165) is 63.2 Å². The third kappa shape index (κ3) is 9.39. The molecule has 1 aliphatic rings. The van der Waals surface area contributed by atoms with Gasteiger partial charge in [-0.15, -0.1) is 0 Å². The molecule has 2 unspecified atom stereocenters. The lowest BCUT2D eigenvalue weighted by Crippen LogP contribution is -2.46. The number of allylic oxidation sites excluding steroid dienone is 1. The van der Waals surface area contributed by atoms with Gasteiger partial charge in [0, 0.05) is 56.3 Å². The number of likely N-dealkylation sites (tertiary alicyclic amines) is 1. The van der Waals surface area contributed by atoms with Gasteiger partial charge in [0.15, 0.2) is 0 Å². The van der Waals surface area contributed by atoms with E-state index in [1.807, 2.05) is 36.5 Å². The fourth-order valence-electron chi connectivity index (χ4n) is 5.49. The highest BCUT2D eigenvalue weighted by Crippen LogP contribution is 2.27. The standard InChI is InChI=1S/C34H46N4O2/c1-27(2)15-21-38(32-11-13-34(14-12-32)40-26-29-8-5-4-6-9-29)33-16-19-37(20-17-33)24-28(3)22-31(25-39)36-23-30-10-7-18-35-30/h4-15,18,25,28,31,33,35-36H,16-17,19-24,26H2,1-3H3. The number of benzene rings is 2. The number of hydrogen-bond donors (Lipinski definition) is 2. The summed E-state index contributed by atoms with van der Waals surface area (Å²) < 4.78 is 6.03. The minimum absolute atomic E-state index is 0.116. The Kier molecular flexibility index (Phi) is 11.4. The summed E-state index contributed by atoms with van der Waals surface area (Å²) in [6.45, 7) is 12.0. The first-order valence-electron chi connectivity index (χ1n) is 14.7. The third-order valence-electron chi connectivity index (χ3n) is 7.72. The van der Waals surface area contributed by atoms with Crippen molar-refractivity contribution in [1.82, 2.24) is 15.2 Å². The number of aldehydes is 1. The lowest BCUT2D eigenvalue weighted by atomic mass is 9.98. The van der Waals surface area contributed by atoms with Gasteiger partial charge in [0.1, 0.15) is 18.6 Å². The van der Waals surface area contributed by atoms with Crippen molar-refractivity contribution < 1.29 is 9.53 Å². The molecule has 1 aliphatic heterocycles. The Balaban J connectivity index is 1.27. The molecule has 0 aliphatic carbocycles. The van der Waals surface area contributed by atoms with Crippen molar-refractivity contribution in [1.29, 1.82) is 0 Å². The molecular weight excluding hydrogens is 496 g/mol. The average molecular weight is 543 g/mol. The van der Waals surface area contributed by atoms with Crippen LogP contribution in [0.1, 0.15) is 51.3 Å². The fraction of sp³-hybridized carbons (Fsp3) is 0.441. The van der Waals surface area contributed by atoms with Crippen LogP contribution in [-0.4, -0.2) is 54.4 Å². The van der Waals surface area contributed by atoms with Gasteiger partial charge in [-0.3, -0.25) is 0 Å². The van der Waals surface area contributed by atoms with Crippen LogP contribution < -0.4 is 15.0 Å². The zero-order valence-electron chi connectivity index (χ0n) is 24.4. The molecule has 40 heavy (non-hydrogen) atoms. The highest BCUT2D eigenvalue weighted by Gasteiger charge is 2.26. The van der Waals surface area contributed by atoms with Crippen molar-refractivity contribution in [2.45, 2.75) is 65.3 Å². The van der Waals surface area contributed by atoms with Gasteiger partial charge in [-0.05, 0) is 81.0 Å². The summed E-state index contributed by atoms with van der Waals surface area (Å²) in [6.07, 6.45) is 8.43. The van der Waals surface area contributed by atoms with Gasteiger partial charge in [-0.25, -0.2) is 0 Å².